The lowest BCUT2D eigenvalue weighted by Gasteiger charge is -2.50. The molecule has 230 valence electrons. The van der Waals surface area contributed by atoms with Crippen molar-refractivity contribution in [2.45, 2.75) is 31.1 Å². The molecule has 4 amide bonds. The van der Waals surface area contributed by atoms with E-state index in [0.29, 0.717) is 21.3 Å². The Labute approximate surface area is 267 Å². The number of phenolic OH excluding ortho intramolecular Hbond substituents is 1. The van der Waals surface area contributed by atoms with E-state index in [-0.39, 0.29) is 29.4 Å². The van der Waals surface area contributed by atoms with Crippen LogP contribution in [0.2, 0.25) is 0 Å². The van der Waals surface area contributed by atoms with Crippen LogP contribution in [0.5, 0.6) is 11.5 Å². The van der Waals surface area contributed by atoms with Gasteiger partial charge < -0.3 is 9.84 Å². The first-order chi connectivity index (χ1) is 21.6. The molecule has 0 unspecified atom stereocenters. The lowest BCUT2D eigenvalue weighted by Crippen LogP contribution is -2.53. The Balaban J connectivity index is 1.49. The summed E-state index contributed by atoms with van der Waals surface area (Å²) in [5.41, 5.74) is 5.09. The highest BCUT2D eigenvalue weighted by molar-refractivity contribution is 9.10. The van der Waals surface area contributed by atoms with E-state index in [1.54, 1.807) is 24.3 Å². The number of ether oxygens (including phenoxy) is 1. The molecule has 0 aromatic heterocycles. The van der Waals surface area contributed by atoms with Crippen molar-refractivity contribution < 1.29 is 34.2 Å². The summed E-state index contributed by atoms with van der Waals surface area (Å²) in [6.07, 6.45) is 2.19. The molecule has 11 heteroatoms. The van der Waals surface area contributed by atoms with Gasteiger partial charge in [0.05, 0.1) is 40.4 Å². The van der Waals surface area contributed by atoms with Crippen LogP contribution in [-0.2, 0) is 24.6 Å². The van der Waals surface area contributed by atoms with Gasteiger partial charge in [0.25, 0.3) is 23.6 Å². The number of rotatable bonds is 5. The second-order valence-corrected chi connectivity index (χ2v) is 13.0. The Kier molecular flexibility index (Phi) is 6.86. The Bertz CT molecular complexity index is 1790. The molecule has 3 fully saturated rings. The van der Waals surface area contributed by atoms with Gasteiger partial charge in [0.1, 0.15) is 0 Å². The van der Waals surface area contributed by atoms with Crippen LogP contribution in [0.4, 0.5) is 5.69 Å². The Morgan fingerprint density at radius 3 is 2.36 bits per heavy atom. The lowest BCUT2D eigenvalue weighted by molar-refractivity contribution is -0.173. The summed E-state index contributed by atoms with van der Waals surface area (Å²) in [7, 11) is 1.42. The molecule has 2 saturated heterocycles. The fraction of sp³-hybridized carbons (Fsp3) is 0.294. The van der Waals surface area contributed by atoms with Gasteiger partial charge in [-0.15, -0.1) is 0 Å². The number of halogens is 1. The number of carbonyl (C=O) groups is 4. The summed E-state index contributed by atoms with van der Waals surface area (Å²) in [5, 5.41) is 22.4. The van der Waals surface area contributed by atoms with Crippen LogP contribution in [0.25, 0.3) is 0 Å². The molecular formula is C34H30BrN3O7. The smallest absolute Gasteiger partial charge is 0.260 e. The third-order valence-electron chi connectivity index (χ3n) is 9.97. The Hall–Kier alpha value is -4.48. The number of hydrogen-bond acceptors (Lipinski definition) is 8. The number of methoxy groups -OCH3 is 1. The van der Waals surface area contributed by atoms with Gasteiger partial charge in [-0.25, -0.2) is 0 Å². The van der Waals surface area contributed by atoms with E-state index in [4.69, 9.17) is 4.74 Å². The van der Waals surface area contributed by atoms with Gasteiger partial charge in [0.2, 0.25) is 0 Å². The third-order valence-corrected chi connectivity index (χ3v) is 10.6. The van der Waals surface area contributed by atoms with Gasteiger partial charge in [0, 0.05) is 5.92 Å². The van der Waals surface area contributed by atoms with E-state index in [9.17, 15) is 24.7 Å². The molecule has 0 spiro atoms. The highest BCUT2D eigenvalue weighted by atomic mass is 79.9. The zero-order chi connectivity index (χ0) is 31.8. The van der Waals surface area contributed by atoms with E-state index in [1.165, 1.54) is 7.11 Å². The molecular weight excluding hydrogens is 642 g/mol. The quantitative estimate of drug-likeness (QED) is 0.199. The topological polar surface area (TPSA) is 136 Å². The Morgan fingerprint density at radius 2 is 1.67 bits per heavy atom. The number of benzene rings is 3. The van der Waals surface area contributed by atoms with Crippen molar-refractivity contribution in [2.24, 2.45) is 23.7 Å². The van der Waals surface area contributed by atoms with Crippen LogP contribution in [0.15, 0.2) is 82.9 Å². The van der Waals surface area contributed by atoms with Gasteiger partial charge in [-0.3, -0.25) is 29.8 Å². The van der Waals surface area contributed by atoms with Crippen molar-refractivity contribution in [2.75, 3.05) is 12.5 Å². The van der Waals surface area contributed by atoms with Crippen LogP contribution in [0, 0.1) is 30.6 Å². The van der Waals surface area contributed by atoms with Crippen molar-refractivity contribution >= 4 is 45.2 Å². The maximum absolute atomic E-state index is 15.1. The minimum atomic E-state index is -1.46. The minimum absolute atomic E-state index is 0.109. The van der Waals surface area contributed by atoms with Gasteiger partial charge in [-0.2, -0.15) is 10.1 Å². The minimum Gasteiger partial charge on any atom is -0.503 e. The molecule has 2 heterocycles. The number of phenols is 1. The number of carbonyl (C=O) groups excluding carboxylic acids is 4. The van der Waals surface area contributed by atoms with Crippen molar-refractivity contribution in [1.82, 2.24) is 10.1 Å². The average molecular weight is 673 g/mol. The number of imide groups is 2. The molecule has 10 nitrogen and oxygen atoms in total. The molecule has 3 aromatic carbocycles. The average Bonchev–Trinajstić information content (AvgIpc) is 3.40. The number of hydrazine groups is 1. The number of hydroxylamine groups is 2. The summed E-state index contributed by atoms with van der Waals surface area (Å²) in [6.45, 7) is 1.94. The number of nitrogens with zero attached hydrogens (tertiary/aromatic N) is 2. The fourth-order valence-corrected chi connectivity index (χ4v) is 8.48. The van der Waals surface area contributed by atoms with E-state index in [0.717, 1.165) is 16.1 Å². The van der Waals surface area contributed by atoms with Crippen LogP contribution in [0.1, 0.15) is 35.4 Å². The molecule has 0 radical (unpaired) electrons. The number of amides is 4. The standard InChI is InChI=1S/C34H30BrN3O7/c1-17-8-10-20(11-9-17)36-37-31(41)24-16-23-21(12-13-22-27(23)32(42)38(44)30(22)40)28(18-14-25(35)29(39)26(15-18)45-2)34(24,33(37)43)19-6-4-3-5-7-19/h3-12,14-15,22-24,27-28,36,39,44H,13,16H2,1-2H3/t22-,23+,24-,27-,28-,34+/m0/s1. The number of hydrogen-bond donors (Lipinski definition) is 3. The summed E-state index contributed by atoms with van der Waals surface area (Å²) >= 11 is 3.44. The second-order valence-electron chi connectivity index (χ2n) is 12.1. The maximum Gasteiger partial charge on any atom is 0.260 e. The van der Waals surface area contributed by atoms with E-state index in [2.05, 4.69) is 21.4 Å². The van der Waals surface area contributed by atoms with E-state index < -0.39 is 58.6 Å². The molecule has 7 rings (SSSR count). The highest BCUT2D eigenvalue weighted by Crippen LogP contribution is 2.64. The van der Waals surface area contributed by atoms with Gasteiger partial charge in [0.15, 0.2) is 11.5 Å². The zero-order valence-corrected chi connectivity index (χ0v) is 26.0. The van der Waals surface area contributed by atoms with Gasteiger partial charge in [-0.1, -0.05) is 59.7 Å². The van der Waals surface area contributed by atoms with Crippen molar-refractivity contribution in [1.29, 1.82) is 0 Å². The first-order valence-electron chi connectivity index (χ1n) is 14.7. The highest BCUT2D eigenvalue weighted by Gasteiger charge is 2.70. The first kappa shape index (κ1) is 29.2. The zero-order valence-electron chi connectivity index (χ0n) is 24.4. The molecule has 2 aliphatic carbocycles. The number of aromatic hydroxyl groups is 1. The molecule has 3 aromatic rings. The van der Waals surface area contributed by atoms with Crippen LogP contribution < -0.4 is 10.2 Å². The van der Waals surface area contributed by atoms with Gasteiger partial charge >= 0.3 is 0 Å². The SMILES string of the molecule is COc1cc([C@H]2C3=CC[C@@H]4C(=O)N(O)C(=O)[C@@H]4[C@@H]3C[C@H]3C(=O)N(Nc4ccc(C)cc4)C(=O)[C@@]23c2ccccc2)cc(Br)c1O. The maximum atomic E-state index is 15.1. The summed E-state index contributed by atoms with van der Waals surface area (Å²) in [4.78, 5) is 55.8. The normalized spacial score (nSPS) is 28.9. The largest absolute Gasteiger partial charge is 0.503 e. The van der Waals surface area contributed by atoms with Crippen molar-refractivity contribution in [3.05, 3.63) is 99.5 Å². The van der Waals surface area contributed by atoms with Crippen molar-refractivity contribution in [3.63, 3.8) is 0 Å². The second kappa shape index (κ2) is 10.6. The lowest BCUT2D eigenvalue weighted by atomic mass is 9.49. The molecule has 4 aliphatic rings. The number of fused-ring (bicyclic) bond motifs is 4. The summed E-state index contributed by atoms with van der Waals surface area (Å²) < 4.78 is 5.83. The molecule has 0 bridgehead atoms. The first-order valence-corrected chi connectivity index (χ1v) is 15.5. The number of nitrogens with one attached hydrogen (secondary N) is 1. The molecule has 1 saturated carbocycles. The molecule has 6 atom stereocenters. The van der Waals surface area contributed by atoms with Crippen molar-refractivity contribution in [3.8, 4) is 11.5 Å². The van der Waals surface area contributed by atoms with E-state index >= 15 is 4.79 Å². The predicted molar refractivity (Wildman–Crippen MR) is 165 cm³/mol. The predicted octanol–water partition coefficient (Wildman–Crippen LogP) is 4.85. The van der Waals surface area contributed by atoms with Gasteiger partial charge in [-0.05, 0) is 77.0 Å². The number of allylic oxidation sites excluding steroid dienone is 2. The summed E-state index contributed by atoms with van der Waals surface area (Å²) in [5.74, 6) is -6.26. The Morgan fingerprint density at radius 1 is 0.956 bits per heavy atom. The molecule has 2 aliphatic heterocycles. The van der Waals surface area contributed by atoms with Crippen LogP contribution in [0.3, 0.4) is 0 Å². The van der Waals surface area contributed by atoms with Crippen LogP contribution >= 0.6 is 15.9 Å². The molecule has 3 N–H and O–H groups in total. The number of aryl methyl sites for hydroxylation is 1. The summed E-state index contributed by atoms with van der Waals surface area (Å²) in [6, 6.07) is 19.8. The van der Waals surface area contributed by atoms with E-state index in [1.807, 2.05) is 55.5 Å². The number of anilines is 1. The third kappa shape index (κ3) is 4.10. The monoisotopic (exact) mass is 671 g/mol. The fourth-order valence-electron chi connectivity index (χ4n) is 8.02. The molecule has 45 heavy (non-hydrogen) atoms. The van der Waals surface area contributed by atoms with Crippen LogP contribution in [-0.4, -0.2) is 51.1 Å².